The molecule has 3 atom stereocenters. The van der Waals surface area contributed by atoms with Crippen LogP contribution in [0.2, 0.25) is 0 Å². The summed E-state index contributed by atoms with van der Waals surface area (Å²) in [5.74, 6) is -0.151. The summed E-state index contributed by atoms with van der Waals surface area (Å²) in [6, 6.07) is 17.3. The van der Waals surface area contributed by atoms with E-state index in [1.165, 1.54) is 5.56 Å². The van der Waals surface area contributed by atoms with E-state index in [-0.39, 0.29) is 18.0 Å². The lowest BCUT2D eigenvalue weighted by molar-refractivity contribution is -0.132. The van der Waals surface area contributed by atoms with Gasteiger partial charge >= 0.3 is 0 Å². The normalized spacial score (nSPS) is 21.2. The van der Waals surface area contributed by atoms with Gasteiger partial charge in [0, 0.05) is 7.11 Å². The average Bonchev–Trinajstić information content (AvgIpc) is 2.86. The summed E-state index contributed by atoms with van der Waals surface area (Å²) >= 11 is 0. The van der Waals surface area contributed by atoms with Gasteiger partial charge in [-0.1, -0.05) is 54.6 Å². The zero-order chi connectivity index (χ0) is 15.5. The summed E-state index contributed by atoms with van der Waals surface area (Å²) in [6.45, 7) is 0. The molecule has 1 amide bonds. The third-order valence-electron chi connectivity index (χ3n) is 4.19. The molecule has 114 valence electrons. The van der Waals surface area contributed by atoms with E-state index in [1.807, 2.05) is 48.5 Å². The van der Waals surface area contributed by atoms with Crippen LogP contribution in [0.4, 0.5) is 0 Å². The number of rotatable bonds is 4. The maximum atomic E-state index is 12.5. The fourth-order valence-electron chi connectivity index (χ4n) is 3.05. The van der Waals surface area contributed by atoms with Crippen LogP contribution in [0, 0.1) is 0 Å². The van der Waals surface area contributed by atoms with E-state index < -0.39 is 6.10 Å². The molecule has 0 aliphatic heterocycles. The molecule has 0 unspecified atom stereocenters. The highest BCUT2D eigenvalue weighted by molar-refractivity contribution is 5.82. The predicted octanol–water partition coefficient (Wildman–Crippen LogP) is 2.11. The number of benzene rings is 2. The van der Waals surface area contributed by atoms with Gasteiger partial charge in [0.25, 0.3) is 5.91 Å². The van der Waals surface area contributed by atoms with Crippen LogP contribution in [0.1, 0.15) is 28.8 Å². The molecule has 1 aliphatic rings. The Labute approximate surface area is 130 Å². The maximum absolute atomic E-state index is 12.5. The number of carbonyl (C=O) groups excluding carboxylic acids is 1. The minimum Gasteiger partial charge on any atom is -0.367 e. The number of amides is 1. The molecule has 0 heterocycles. The van der Waals surface area contributed by atoms with E-state index in [1.54, 1.807) is 7.11 Å². The van der Waals surface area contributed by atoms with E-state index in [4.69, 9.17) is 10.5 Å². The summed E-state index contributed by atoms with van der Waals surface area (Å²) in [4.78, 5) is 12.5. The zero-order valence-corrected chi connectivity index (χ0v) is 12.5. The van der Waals surface area contributed by atoms with Gasteiger partial charge < -0.3 is 15.8 Å². The molecule has 0 spiro atoms. The van der Waals surface area contributed by atoms with Crippen molar-refractivity contribution in [3.05, 3.63) is 71.3 Å². The lowest BCUT2D eigenvalue weighted by Crippen LogP contribution is -2.43. The first kappa shape index (κ1) is 14.8. The van der Waals surface area contributed by atoms with Gasteiger partial charge in [0.1, 0.15) is 0 Å². The molecule has 4 nitrogen and oxygen atoms in total. The molecule has 4 heteroatoms. The van der Waals surface area contributed by atoms with Crippen LogP contribution in [0.15, 0.2) is 54.6 Å². The molecule has 0 aromatic heterocycles. The number of hydrogen-bond donors (Lipinski definition) is 2. The van der Waals surface area contributed by atoms with Crippen LogP contribution in [0.5, 0.6) is 0 Å². The first-order valence-electron chi connectivity index (χ1n) is 7.42. The zero-order valence-electron chi connectivity index (χ0n) is 12.5. The fourth-order valence-corrected chi connectivity index (χ4v) is 3.05. The second-order valence-corrected chi connectivity index (χ2v) is 5.57. The molecule has 22 heavy (non-hydrogen) atoms. The largest absolute Gasteiger partial charge is 0.367 e. The van der Waals surface area contributed by atoms with E-state index >= 15 is 0 Å². The second kappa shape index (κ2) is 6.30. The molecular weight excluding hydrogens is 276 g/mol. The Kier molecular flexibility index (Phi) is 4.22. The first-order chi connectivity index (χ1) is 10.7. The van der Waals surface area contributed by atoms with Gasteiger partial charge in [-0.3, -0.25) is 4.79 Å². The van der Waals surface area contributed by atoms with Crippen molar-refractivity contribution in [1.29, 1.82) is 0 Å². The molecule has 0 saturated carbocycles. The van der Waals surface area contributed by atoms with Gasteiger partial charge in [-0.25, -0.2) is 0 Å². The van der Waals surface area contributed by atoms with Gasteiger partial charge in [0.05, 0.1) is 12.1 Å². The van der Waals surface area contributed by atoms with Crippen molar-refractivity contribution in [2.45, 2.75) is 24.6 Å². The minimum absolute atomic E-state index is 0.0914. The van der Waals surface area contributed by atoms with Crippen molar-refractivity contribution in [3.8, 4) is 0 Å². The summed E-state index contributed by atoms with van der Waals surface area (Å²) < 4.78 is 5.37. The summed E-state index contributed by atoms with van der Waals surface area (Å²) in [7, 11) is 1.54. The van der Waals surface area contributed by atoms with Crippen LogP contribution in [-0.2, 0) is 16.0 Å². The molecule has 0 saturated heterocycles. The standard InChI is InChI=1S/C18H20N2O2/c1-22-17(12-7-3-2-4-8-12)18(21)20-15-11-13-9-5-6-10-14(13)16(15)19/h2-10,15-17H,11,19H2,1H3,(H,20,21)/t15-,16-,17-/m0/s1. The van der Waals surface area contributed by atoms with Crippen LogP contribution < -0.4 is 11.1 Å². The Hall–Kier alpha value is -2.17. The number of nitrogens with two attached hydrogens (primary N) is 1. The molecule has 3 N–H and O–H groups in total. The van der Waals surface area contributed by atoms with Crippen molar-refractivity contribution in [1.82, 2.24) is 5.32 Å². The van der Waals surface area contributed by atoms with Gasteiger partial charge in [-0.05, 0) is 23.1 Å². The topological polar surface area (TPSA) is 64.3 Å². The number of nitrogens with one attached hydrogen (secondary N) is 1. The molecule has 0 radical (unpaired) electrons. The van der Waals surface area contributed by atoms with Crippen LogP contribution >= 0.6 is 0 Å². The quantitative estimate of drug-likeness (QED) is 0.908. The highest BCUT2D eigenvalue weighted by Gasteiger charge is 2.32. The number of hydrogen-bond acceptors (Lipinski definition) is 3. The van der Waals surface area contributed by atoms with Crippen molar-refractivity contribution < 1.29 is 9.53 Å². The Bertz CT molecular complexity index is 657. The van der Waals surface area contributed by atoms with Gasteiger partial charge in [-0.15, -0.1) is 0 Å². The summed E-state index contributed by atoms with van der Waals surface area (Å²) in [5, 5.41) is 3.04. The van der Waals surface area contributed by atoms with Crippen LogP contribution in [0.3, 0.4) is 0 Å². The summed E-state index contributed by atoms with van der Waals surface area (Å²) in [5.41, 5.74) is 9.42. The lowest BCUT2D eigenvalue weighted by Gasteiger charge is -2.22. The molecular formula is C18H20N2O2. The number of ether oxygens (including phenoxy) is 1. The molecule has 0 bridgehead atoms. The number of methoxy groups -OCH3 is 1. The van der Waals surface area contributed by atoms with Crippen molar-refractivity contribution in [2.75, 3.05) is 7.11 Å². The van der Waals surface area contributed by atoms with E-state index in [0.717, 1.165) is 17.5 Å². The Morgan fingerprint density at radius 1 is 1.18 bits per heavy atom. The monoisotopic (exact) mass is 296 g/mol. The van der Waals surface area contributed by atoms with Crippen molar-refractivity contribution in [3.63, 3.8) is 0 Å². The smallest absolute Gasteiger partial charge is 0.254 e. The van der Waals surface area contributed by atoms with Crippen molar-refractivity contribution >= 4 is 5.91 Å². The molecule has 0 fully saturated rings. The fraction of sp³-hybridized carbons (Fsp3) is 0.278. The predicted molar refractivity (Wildman–Crippen MR) is 85.2 cm³/mol. The maximum Gasteiger partial charge on any atom is 0.254 e. The second-order valence-electron chi connectivity index (χ2n) is 5.57. The van der Waals surface area contributed by atoms with E-state index in [0.29, 0.717) is 0 Å². The SMILES string of the molecule is CO[C@H](C(=O)N[C@H]1Cc2ccccc2[C@@H]1N)c1ccccc1. The third kappa shape index (κ3) is 2.75. The van der Waals surface area contributed by atoms with Gasteiger partial charge in [-0.2, -0.15) is 0 Å². The van der Waals surface area contributed by atoms with Crippen LogP contribution in [-0.4, -0.2) is 19.1 Å². The Morgan fingerprint density at radius 2 is 1.86 bits per heavy atom. The minimum atomic E-state index is -0.614. The lowest BCUT2D eigenvalue weighted by atomic mass is 10.1. The Morgan fingerprint density at radius 3 is 2.55 bits per heavy atom. The highest BCUT2D eigenvalue weighted by Crippen LogP contribution is 2.30. The average molecular weight is 296 g/mol. The molecule has 2 aromatic carbocycles. The third-order valence-corrected chi connectivity index (χ3v) is 4.19. The molecule has 2 aromatic rings. The Balaban J connectivity index is 1.72. The van der Waals surface area contributed by atoms with Gasteiger partial charge in [0.15, 0.2) is 6.10 Å². The molecule has 1 aliphatic carbocycles. The first-order valence-corrected chi connectivity index (χ1v) is 7.42. The highest BCUT2D eigenvalue weighted by atomic mass is 16.5. The van der Waals surface area contributed by atoms with E-state index in [9.17, 15) is 4.79 Å². The van der Waals surface area contributed by atoms with Gasteiger partial charge in [0.2, 0.25) is 0 Å². The number of carbonyl (C=O) groups is 1. The van der Waals surface area contributed by atoms with Crippen molar-refractivity contribution in [2.24, 2.45) is 5.73 Å². The number of fused-ring (bicyclic) bond motifs is 1. The summed E-state index contributed by atoms with van der Waals surface area (Å²) in [6.07, 6.45) is 0.144. The van der Waals surface area contributed by atoms with E-state index in [2.05, 4.69) is 11.4 Å². The van der Waals surface area contributed by atoms with Crippen LogP contribution in [0.25, 0.3) is 0 Å². The molecule has 3 rings (SSSR count).